The van der Waals surface area contributed by atoms with E-state index in [4.69, 9.17) is 6.85 Å². The summed E-state index contributed by atoms with van der Waals surface area (Å²) in [6, 6.07) is 20.6. The molecule has 0 aliphatic heterocycles. The van der Waals surface area contributed by atoms with E-state index in [0.717, 1.165) is 27.5 Å². The maximum Gasteiger partial charge on any atom is 0.0623 e. The van der Waals surface area contributed by atoms with Crippen molar-refractivity contribution in [1.82, 2.24) is 0 Å². The number of benzene rings is 4. The van der Waals surface area contributed by atoms with Crippen LogP contribution >= 0.6 is 0 Å². The third-order valence-electron chi connectivity index (χ3n) is 3.92. The molecule has 24 heavy (non-hydrogen) atoms. The molecule has 0 unspecified atom stereocenters. The van der Waals surface area contributed by atoms with Crippen LogP contribution < -0.4 is 0 Å². The summed E-state index contributed by atoms with van der Waals surface area (Å²) in [6.45, 7) is 1.87. The average molecular weight is 490 g/mol. The number of rotatable bonds is 2. The first-order chi connectivity index (χ1) is 13.4. The molecule has 0 heterocycles. The predicted octanol–water partition coefficient (Wildman–Crippen LogP) is 6.08. The molecule has 4 aromatic carbocycles. The Kier molecular flexibility index (Phi) is 3.38. The molecule has 4 aromatic rings. The molecule has 0 atom stereocenters. The fourth-order valence-corrected chi connectivity index (χ4v) is 2.78. The molecule has 0 aliphatic carbocycles. The number of fused-ring (bicyclic) bond motifs is 1. The van der Waals surface area contributed by atoms with Crippen LogP contribution in [0.1, 0.15) is 12.4 Å². The van der Waals surface area contributed by atoms with Crippen LogP contribution in [0.2, 0.25) is 0 Å². The minimum Gasteiger partial charge on any atom is -0.225 e. The van der Waals surface area contributed by atoms with Gasteiger partial charge in [-0.2, -0.15) is 24.3 Å². The second-order valence-electron chi connectivity index (χ2n) is 5.38. The Morgan fingerprint density at radius 3 is 2.54 bits per heavy atom. The standard InChI is InChI=1S/C23H16.Ir/c1-17-16-20(14-15-21(17)18-8-3-2-4-9-18)23-13-7-11-19-10-5-6-12-22(19)23;/h2-12,15-16H,1H3;/q-2;/i2D,3D,4D,8D,9D;. The quantitative estimate of drug-likeness (QED) is 0.300. The summed E-state index contributed by atoms with van der Waals surface area (Å²) >= 11 is 0. The molecule has 0 aromatic heterocycles. The summed E-state index contributed by atoms with van der Waals surface area (Å²) in [6.07, 6.45) is 0. The Labute approximate surface area is 163 Å². The Bertz CT molecular complexity index is 1200. The third-order valence-corrected chi connectivity index (χ3v) is 3.92. The Morgan fingerprint density at radius 1 is 0.958 bits per heavy atom. The molecular weight excluding hydrogens is 468 g/mol. The van der Waals surface area contributed by atoms with Crippen LogP contribution in [-0.4, -0.2) is 0 Å². The molecule has 1 radical (unpaired) electrons. The van der Waals surface area contributed by atoms with E-state index < -0.39 is 0 Å². The number of aryl methyl sites for hydroxylation is 1. The van der Waals surface area contributed by atoms with Gasteiger partial charge in [0.15, 0.2) is 0 Å². The van der Waals surface area contributed by atoms with Gasteiger partial charge < -0.3 is 0 Å². The normalized spacial score (nSPS) is 13.3. The Morgan fingerprint density at radius 2 is 1.75 bits per heavy atom. The van der Waals surface area contributed by atoms with Crippen molar-refractivity contribution in [1.29, 1.82) is 0 Å². The first-order valence-electron chi connectivity index (χ1n) is 9.89. The van der Waals surface area contributed by atoms with E-state index in [1.54, 1.807) is 6.07 Å². The van der Waals surface area contributed by atoms with Crippen molar-refractivity contribution in [3.8, 4) is 22.3 Å². The van der Waals surface area contributed by atoms with Crippen LogP contribution in [0, 0.1) is 19.1 Å². The summed E-state index contributed by atoms with van der Waals surface area (Å²) in [5.41, 5.74) is 3.38. The van der Waals surface area contributed by atoms with Crippen molar-refractivity contribution in [3.05, 3.63) is 96.4 Å². The zero-order chi connectivity index (χ0) is 20.0. The number of hydrogen-bond acceptors (Lipinski definition) is 0. The predicted molar refractivity (Wildman–Crippen MR) is 97.2 cm³/mol. The van der Waals surface area contributed by atoms with Gasteiger partial charge in [-0.25, -0.2) is 11.1 Å². The molecule has 0 nitrogen and oxygen atoms in total. The molecule has 0 fully saturated rings. The zero-order valence-corrected chi connectivity index (χ0v) is 15.3. The molecule has 0 bridgehead atoms. The van der Waals surface area contributed by atoms with Gasteiger partial charge in [-0.05, 0) is 0 Å². The van der Waals surface area contributed by atoms with E-state index in [2.05, 4.69) is 12.1 Å². The summed E-state index contributed by atoms with van der Waals surface area (Å²) < 4.78 is 40.0. The molecule has 1 heteroatoms. The van der Waals surface area contributed by atoms with Crippen LogP contribution in [0.5, 0.6) is 0 Å². The van der Waals surface area contributed by atoms with Crippen LogP contribution in [-0.2, 0) is 20.1 Å². The largest absolute Gasteiger partial charge is 0.225 e. The molecule has 0 spiro atoms. The van der Waals surface area contributed by atoms with Gasteiger partial charge in [0.1, 0.15) is 0 Å². The smallest absolute Gasteiger partial charge is 0.0623 e. The fourth-order valence-electron chi connectivity index (χ4n) is 2.78. The van der Waals surface area contributed by atoms with Gasteiger partial charge in [0.25, 0.3) is 0 Å². The van der Waals surface area contributed by atoms with Crippen LogP contribution in [0.4, 0.5) is 0 Å². The Balaban J connectivity index is 0.00000240. The van der Waals surface area contributed by atoms with E-state index in [9.17, 15) is 0 Å². The molecule has 0 aliphatic rings. The minimum atomic E-state index is -0.387. The van der Waals surface area contributed by atoms with Gasteiger partial charge in [-0.15, -0.1) is 34.5 Å². The number of hydrogen-bond donors (Lipinski definition) is 0. The first kappa shape index (κ1) is 11.4. The summed E-state index contributed by atoms with van der Waals surface area (Å²) in [4.78, 5) is 0. The van der Waals surface area contributed by atoms with Gasteiger partial charge in [0, 0.05) is 20.1 Å². The molecule has 4 rings (SSSR count). The molecule has 0 saturated carbocycles. The molecule has 0 N–H and O–H groups in total. The van der Waals surface area contributed by atoms with Gasteiger partial charge in [-0.1, -0.05) is 66.5 Å². The van der Waals surface area contributed by atoms with Crippen molar-refractivity contribution in [2.24, 2.45) is 0 Å². The van der Waals surface area contributed by atoms with E-state index in [-0.39, 0.29) is 55.9 Å². The fraction of sp³-hybridized carbons (Fsp3) is 0.0435. The maximum atomic E-state index is 8.20. The second kappa shape index (κ2) is 7.13. The molecule has 119 valence electrons. The Hall–Kier alpha value is -2.21. The van der Waals surface area contributed by atoms with Gasteiger partial charge in [0.2, 0.25) is 0 Å². The topological polar surface area (TPSA) is 0 Å². The van der Waals surface area contributed by atoms with Crippen molar-refractivity contribution in [2.75, 3.05) is 0 Å². The monoisotopic (exact) mass is 490 g/mol. The first-order valence-corrected chi connectivity index (χ1v) is 7.39. The van der Waals surface area contributed by atoms with Crippen LogP contribution in [0.3, 0.4) is 0 Å². The molecule has 0 saturated heterocycles. The summed E-state index contributed by atoms with van der Waals surface area (Å²) in [7, 11) is 0. The van der Waals surface area contributed by atoms with Crippen molar-refractivity contribution < 1.29 is 27.0 Å². The van der Waals surface area contributed by atoms with Crippen molar-refractivity contribution >= 4 is 10.8 Å². The van der Waals surface area contributed by atoms with E-state index in [0.29, 0.717) is 5.56 Å². The van der Waals surface area contributed by atoms with Gasteiger partial charge >= 0.3 is 0 Å². The SMILES string of the molecule is [2H]c1c([2H])c([2H])c(-c2c[c-]c(-c3[c-]ccc4ccccc34)cc2C)c([2H])c1[2H].[Ir]. The van der Waals surface area contributed by atoms with Gasteiger partial charge in [0.05, 0.1) is 6.85 Å². The van der Waals surface area contributed by atoms with E-state index in [1.807, 2.05) is 49.4 Å². The average Bonchev–Trinajstić information content (AvgIpc) is 2.71. The van der Waals surface area contributed by atoms with E-state index in [1.165, 1.54) is 0 Å². The third kappa shape index (κ3) is 3.06. The molecular formula is C23H16Ir-2. The van der Waals surface area contributed by atoms with Crippen molar-refractivity contribution in [3.63, 3.8) is 0 Å². The minimum absolute atomic E-state index is 0. The summed E-state index contributed by atoms with van der Waals surface area (Å²) in [5, 5.41) is 2.17. The summed E-state index contributed by atoms with van der Waals surface area (Å²) in [5.74, 6) is 0. The second-order valence-corrected chi connectivity index (χ2v) is 5.38. The molecule has 0 amide bonds. The van der Waals surface area contributed by atoms with Gasteiger partial charge in [-0.3, -0.25) is 0 Å². The van der Waals surface area contributed by atoms with Crippen LogP contribution in [0.15, 0.2) is 78.7 Å². The van der Waals surface area contributed by atoms with Crippen molar-refractivity contribution in [2.45, 2.75) is 6.92 Å². The maximum absolute atomic E-state index is 8.20. The van der Waals surface area contributed by atoms with E-state index >= 15 is 0 Å². The zero-order valence-electron chi connectivity index (χ0n) is 18.0. The van der Waals surface area contributed by atoms with Crippen LogP contribution in [0.25, 0.3) is 33.0 Å².